The van der Waals surface area contributed by atoms with E-state index in [1.165, 1.54) is 0 Å². The molecule has 0 aromatic rings. The quantitative estimate of drug-likeness (QED) is 0.389. The lowest BCUT2D eigenvalue weighted by Crippen LogP contribution is -2.33. The van der Waals surface area contributed by atoms with Crippen molar-refractivity contribution in [1.29, 1.82) is 0 Å². The zero-order chi connectivity index (χ0) is 13.3. The van der Waals surface area contributed by atoms with Crippen LogP contribution in [0.25, 0.3) is 0 Å². The number of sulfonamides is 1. The highest BCUT2D eigenvalue weighted by atomic mass is 32.2. The van der Waals surface area contributed by atoms with Crippen molar-refractivity contribution in [2.24, 2.45) is 0 Å². The van der Waals surface area contributed by atoms with Gasteiger partial charge in [-0.1, -0.05) is 0 Å². The van der Waals surface area contributed by atoms with Gasteiger partial charge in [-0.2, -0.15) is 0 Å². The fraction of sp³-hybridized carbons (Fsp3) is 0.750. The third-order valence-corrected chi connectivity index (χ3v) is 2.67. The highest BCUT2D eigenvalue weighted by Crippen LogP contribution is 1.88. The Balaban J connectivity index is 3.79. The fourth-order valence-corrected chi connectivity index (χ4v) is 1.73. The van der Waals surface area contributed by atoms with E-state index in [1.54, 1.807) is 6.92 Å². The molecule has 100 valence electrons. The molecular weight excluding hydrogens is 254 g/mol. The minimum absolute atomic E-state index is 0.0889. The number of carbonyl (C=O) groups is 2. The lowest BCUT2D eigenvalue weighted by Gasteiger charge is -2.06. The summed E-state index contributed by atoms with van der Waals surface area (Å²) in [6.45, 7) is 0.983. The van der Waals surface area contributed by atoms with Crippen molar-refractivity contribution in [1.82, 2.24) is 4.72 Å². The molecule has 0 unspecified atom stereocenters. The zero-order valence-corrected chi connectivity index (χ0v) is 10.2. The van der Waals surface area contributed by atoms with Gasteiger partial charge in [-0.05, 0) is 6.92 Å². The van der Waals surface area contributed by atoms with Gasteiger partial charge in [0.2, 0.25) is 10.0 Å². The van der Waals surface area contributed by atoms with E-state index in [4.69, 9.17) is 5.11 Å². The topological polar surface area (TPSA) is 119 Å². The van der Waals surface area contributed by atoms with Crippen LogP contribution < -0.4 is 4.72 Å². The van der Waals surface area contributed by atoms with E-state index in [1.807, 2.05) is 0 Å². The smallest absolute Gasteiger partial charge is 0.329 e. The largest absolute Gasteiger partial charge is 0.480 e. The summed E-state index contributed by atoms with van der Waals surface area (Å²) in [7, 11) is -3.76. The van der Waals surface area contributed by atoms with Crippen LogP contribution in [0.15, 0.2) is 0 Å². The number of carboxylic acid groups (broad SMARTS) is 1. The summed E-state index contributed by atoms with van der Waals surface area (Å²) in [4.78, 5) is 20.9. The van der Waals surface area contributed by atoms with Crippen LogP contribution in [0.1, 0.15) is 6.92 Å². The third kappa shape index (κ3) is 9.72. The summed E-state index contributed by atoms with van der Waals surface area (Å²) < 4.78 is 33.6. The molecule has 0 fully saturated rings. The van der Waals surface area contributed by atoms with Crippen LogP contribution >= 0.6 is 0 Å². The minimum atomic E-state index is -3.76. The molecule has 0 amide bonds. The van der Waals surface area contributed by atoms with Gasteiger partial charge in [0.15, 0.2) is 5.75 Å². The molecule has 17 heavy (non-hydrogen) atoms. The number of ether oxygens (including phenoxy) is 2. The van der Waals surface area contributed by atoms with Gasteiger partial charge in [0.05, 0.1) is 13.2 Å². The van der Waals surface area contributed by atoms with Gasteiger partial charge in [0.25, 0.3) is 0 Å². The van der Waals surface area contributed by atoms with Gasteiger partial charge in [0, 0.05) is 6.54 Å². The number of hydrogen-bond acceptors (Lipinski definition) is 6. The Labute approximate surface area is 98.9 Å². The van der Waals surface area contributed by atoms with Crippen LogP contribution in [0.4, 0.5) is 0 Å². The molecule has 0 saturated heterocycles. The molecule has 0 heterocycles. The molecule has 0 aliphatic rings. The van der Waals surface area contributed by atoms with Gasteiger partial charge in [-0.25, -0.2) is 17.9 Å². The first-order valence-electron chi connectivity index (χ1n) is 4.80. The van der Waals surface area contributed by atoms with Gasteiger partial charge >= 0.3 is 11.9 Å². The van der Waals surface area contributed by atoms with Crippen molar-refractivity contribution >= 4 is 22.0 Å². The molecule has 0 bridgehead atoms. The minimum Gasteiger partial charge on any atom is -0.480 e. The van der Waals surface area contributed by atoms with Crippen molar-refractivity contribution in [3.05, 3.63) is 0 Å². The van der Waals surface area contributed by atoms with Crippen LogP contribution in [0.5, 0.6) is 0 Å². The van der Waals surface area contributed by atoms with Gasteiger partial charge < -0.3 is 14.6 Å². The summed E-state index contributed by atoms with van der Waals surface area (Å²) in [6.07, 6.45) is 0. The second kappa shape index (κ2) is 7.98. The average molecular weight is 269 g/mol. The maximum absolute atomic E-state index is 11.2. The predicted octanol–water partition coefficient (Wildman–Crippen LogP) is -1.43. The van der Waals surface area contributed by atoms with Crippen molar-refractivity contribution in [2.45, 2.75) is 6.92 Å². The van der Waals surface area contributed by atoms with E-state index >= 15 is 0 Å². The first-order valence-corrected chi connectivity index (χ1v) is 6.45. The summed E-state index contributed by atoms with van der Waals surface area (Å²) in [5.41, 5.74) is 0. The molecule has 0 spiro atoms. The standard InChI is InChI=1S/C8H15NO7S/c1-2-16-8(12)6-17(13,14)9-3-4-15-5-7(10)11/h9H,2-6H2,1H3,(H,10,11). The Kier molecular flexibility index (Phi) is 7.42. The molecule has 0 atom stereocenters. The molecule has 0 saturated carbocycles. The molecule has 2 N–H and O–H groups in total. The summed E-state index contributed by atoms with van der Waals surface area (Å²) in [5, 5.41) is 8.23. The number of nitrogens with one attached hydrogen (secondary N) is 1. The first-order chi connectivity index (χ1) is 7.87. The molecule has 0 aliphatic carbocycles. The summed E-state index contributed by atoms with van der Waals surface area (Å²) >= 11 is 0. The van der Waals surface area contributed by atoms with Crippen molar-refractivity contribution < 1.29 is 32.6 Å². The van der Waals surface area contributed by atoms with E-state index in [-0.39, 0.29) is 19.8 Å². The second-order valence-corrected chi connectivity index (χ2v) is 4.71. The maximum atomic E-state index is 11.2. The number of aliphatic carboxylic acids is 1. The van der Waals surface area contributed by atoms with E-state index in [9.17, 15) is 18.0 Å². The highest BCUT2D eigenvalue weighted by molar-refractivity contribution is 7.90. The van der Waals surface area contributed by atoms with E-state index in [2.05, 4.69) is 14.2 Å². The van der Waals surface area contributed by atoms with E-state index < -0.39 is 34.3 Å². The Morgan fingerprint density at radius 3 is 2.53 bits per heavy atom. The molecule has 0 aromatic carbocycles. The van der Waals surface area contributed by atoms with Crippen LogP contribution in [-0.4, -0.2) is 57.6 Å². The molecule has 8 nitrogen and oxygen atoms in total. The van der Waals surface area contributed by atoms with Crippen LogP contribution in [-0.2, 0) is 29.1 Å². The Morgan fingerprint density at radius 1 is 1.35 bits per heavy atom. The Hall–Kier alpha value is -1.19. The van der Waals surface area contributed by atoms with Crippen LogP contribution in [0, 0.1) is 0 Å². The lowest BCUT2D eigenvalue weighted by atomic mass is 10.7. The number of carboxylic acids is 1. The summed E-state index contributed by atoms with van der Waals surface area (Å²) in [6, 6.07) is 0. The number of esters is 1. The van der Waals surface area contributed by atoms with Gasteiger partial charge in [-0.3, -0.25) is 4.79 Å². The number of rotatable bonds is 9. The maximum Gasteiger partial charge on any atom is 0.329 e. The monoisotopic (exact) mass is 269 g/mol. The first kappa shape index (κ1) is 15.8. The third-order valence-electron chi connectivity index (χ3n) is 1.41. The van der Waals surface area contributed by atoms with E-state index in [0.717, 1.165) is 0 Å². The molecule has 0 rings (SSSR count). The SMILES string of the molecule is CCOC(=O)CS(=O)(=O)NCCOCC(=O)O. The Bertz CT molecular complexity index is 351. The van der Waals surface area contributed by atoms with Crippen LogP contribution in [0.2, 0.25) is 0 Å². The lowest BCUT2D eigenvalue weighted by molar-refractivity contribution is -0.142. The summed E-state index contributed by atoms with van der Waals surface area (Å²) in [5.74, 6) is -2.74. The number of carbonyl (C=O) groups excluding carboxylic acids is 1. The van der Waals surface area contributed by atoms with Crippen molar-refractivity contribution in [2.75, 3.05) is 32.1 Å². The molecular formula is C8H15NO7S. The average Bonchev–Trinajstić information content (AvgIpc) is 2.15. The highest BCUT2D eigenvalue weighted by Gasteiger charge is 2.16. The molecule has 9 heteroatoms. The van der Waals surface area contributed by atoms with E-state index in [0.29, 0.717) is 0 Å². The molecule has 0 aliphatic heterocycles. The second-order valence-electron chi connectivity index (χ2n) is 2.90. The molecule has 0 radical (unpaired) electrons. The normalized spacial score (nSPS) is 11.1. The zero-order valence-electron chi connectivity index (χ0n) is 9.34. The van der Waals surface area contributed by atoms with Gasteiger partial charge in [0.1, 0.15) is 6.61 Å². The Morgan fingerprint density at radius 2 is 2.00 bits per heavy atom. The molecule has 0 aromatic heterocycles. The van der Waals surface area contributed by atoms with Crippen LogP contribution in [0.3, 0.4) is 0 Å². The predicted molar refractivity (Wildman–Crippen MR) is 56.9 cm³/mol. The number of hydrogen-bond donors (Lipinski definition) is 2. The fourth-order valence-electron chi connectivity index (χ4n) is 0.838. The van der Waals surface area contributed by atoms with Gasteiger partial charge in [-0.15, -0.1) is 0 Å². The van der Waals surface area contributed by atoms with Crippen molar-refractivity contribution in [3.8, 4) is 0 Å². The van der Waals surface area contributed by atoms with Crippen molar-refractivity contribution in [3.63, 3.8) is 0 Å².